The first-order valence-corrected chi connectivity index (χ1v) is 6.30. The minimum Gasteiger partial charge on any atom is -0.286 e. The predicted molar refractivity (Wildman–Crippen MR) is 68.5 cm³/mol. The highest BCUT2D eigenvalue weighted by atomic mass is 16.2. The van der Waals surface area contributed by atoms with Crippen molar-refractivity contribution in [3.05, 3.63) is 35.9 Å². The molecular weight excluding hydrogens is 226 g/mol. The SMILES string of the molecule is N#CC1(NNC(=O)c2ccccc2)CCCCC1. The van der Waals surface area contributed by atoms with E-state index in [0.29, 0.717) is 5.56 Å². The van der Waals surface area contributed by atoms with Crippen LogP contribution in [0.2, 0.25) is 0 Å². The summed E-state index contributed by atoms with van der Waals surface area (Å²) in [6.07, 6.45) is 4.80. The van der Waals surface area contributed by atoms with Crippen LogP contribution in [0.1, 0.15) is 42.5 Å². The highest BCUT2D eigenvalue weighted by Gasteiger charge is 2.32. The lowest BCUT2D eigenvalue weighted by Gasteiger charge is -2.31. The van der Waals surface area contributed by atoms with E-state index in [9.17, 15) is 10.1 Å². The maximum Gasteiger partial charge on any atom is 0.265 e. The van der Waals surface area contributed by atoms with Gasteiger partial charge in [0.05, 0.1) is 6.07 Å². The van der Waals surface area contributed by atoms with E-state index < -0.39 is 5.54 Å². The summed E-state index contributed by atoms with van der Waals surface area (Å²) in [7, 11) is 0. The van der Waals surface area contributed by atoms with Crippen LogP contribution in [0.5, 0.6) is 0 Å². The van der Waals surface area contributed by atoms with Gasteiger partial charge in [0, 0.05) is 5.56 Å². The normalized spacial score (nSPS) is 17.7. The van der Waals surface area contributed by atoms with Crippen LogP contribution < -0.4 is 10.9 Å². The van der Waals surface area contributed by atoms with Crippen LogP contribution in [0.3, 0.4) is 0 Å². The van der Waals surface area contributed by atoms with Crippen molar-refractivity contribution >= 4 is 5.91 Å². The first kappa shape index (κ1) is 12.6. The monoisotopic (exact) mass is 243 g/mol. The Bertz CT molecular complexity index is 444. The van der Waals surface area contributed by atoms with Gasteiger partial charge in [0.2, 0.25) is 0 Å². The molecule has 0 spiro atoms. The van der Waals surface area contributed by atoms with Crippen molar-refractivity contribution in [2.75, 3.05) is 0 Å². The highest BCUT2D eigenvalue weighted by Crippen LogP contribution is 2.26. The quantitative estimate of drug-likeness (QED) is 0.799. The average molecular weight is 243 g/mol. The number of nitrogens with one attached hydrogen (secondary N) is 2. The van der Waals surface area contributed by atoms with Gasteiger partial charge >= 0.3 is 0 Å². The molecule has 0 saturated heterocycles. The van der Waals surface area contributed by atoms with Gasteiger partial charge in [-0.3, -0.25) is 10.2 Å². The summed E-state index contributed by atoms with van der Waals surface area (Å²) < 4.78 is 0. The molecule has 1 amide bonds. The van der Waals surface area contributed by atoms with E-state index in [1.807, 2.05) is 18.2 Å². The number of hydrogen-bond acceptors (Lipinski definition) is 3. The molecule has 4 heteroatoms. The molecule has 2 rings (SSSR count). The summed E-state index contributed by atoms with van der Waals surface area (Å²) in [4.78, 5) is 11.9. The maximum atomic E-state index is 11.9. The van der Waals surface area contributed by atoms with Crippen LogP contribution in [0, 0.1) is 11.3 Å². The number of hydrazine groups is 1. The molecule has 94 valence electrons. The Balaban J connectivity index is 1.95. The summed E-state index contributed by atoms with van der Waals surface area (Å²) >= 11 is 0. The van der Waals surface area contributed by atoms with Crippen molar-refractivity contribution in [3.8, 4) is 6.07 Å². The van der Waals surface area contributed by atoms with Crippen LogP contribution in [0.25, 0.3) is 0 Å². The third-order valence-corrected chi connectivity index (χ3v) is 3.37. The molecule has 2 N–H and O–H groups in total. The topological polar surface area (TPSA) is 64.9 Å². The van der Waals surface area contributed by atoms with E-state index in [1.165, 1.54) is 0 Å². The summed E-state index contributed by atoms with van der Waals surface area (Å²) in [6.45, 7) is 0. The molecule has 1 aliphatic carbocycles. The van der Waals surface area contributed by atoms with Crippen LogP contribution >= 0.6 is 0 Å². The summed E-state index contributed by atoms with van der Waals surface area (Å²) in [5.41, 5.74) is 5.57. The molecule has 1 fully saturated rings. The van der Waals surface area contributed by atoms with Gasteiger partial charge in [-0.25, -0.2) is 5.43 Å². The average Bonchev–Trinajstić information content (AvgIpc) is 2.47. The van der Waals surface area contributed by atoms with Gasteiger partial charge in [-0.15, -0.1) is 0 Å². The van der Waals surface area contributed by atoms with Crippen LogP contribution in [-0.2, 0) is 0 Å². The van der Waals surface area contributed by atoms with Crippen molar-refractivity contribution in [2.45, 2.75) is 37.6 Å². The number of amides is 1. The first-order valence-electron chi connectivity index (χ1n) is 6.30. The number of hydrogen-bond donors (Lipinski definition) is 2. The molecule has 18 heavy (non-hydrogen) atoms. The zero-order chi connectivity index (χ0) is 12.8. The van der Waals surface area contributed by atoms with Crippen molar-refractivity contribution in [1.82, 2.24) is 10.9 Å². The van der Waals surface area contributed by atoms with Gasteiger partial charge in [0.25, 0.3) is 5.91 Å². The molecule has 0 atom stereocenters. The number of benzene rings is 1. The number of nitrogens with zero attached hydrogens (tertiary/aromatic N) is 1. The van der Waals surface area contributed by atoms with Gasteiger partial charge < -0.3 is 0 Å². The van der Waals surface area contributed by atoms with Gasteiger partial charge in [-0.1, -0.05) is 37.5 Å². The van der Waals surface area contributed by atoms with E-state index in [-0.39, 0.29) is 5.91 Å². The molecule has 1 aliphatic rings. The molecule has 0 aliphatic heterocycles. The van der Waals surface area contributed by atoms with Crippen LogP contribution in [0.4, 0.5) is 0 Å². The van der Waals surface area contributed by atoms with Crippen LogP contribution in [0.15, 0.2) is 30.3 Å². The lowest BCUT2D eigenvalue weighted by molar-refractivity contribution is 0.0905. The minimum absolute atomic E-state index is 0.198. The fraction of sp³-hybridized carbons (Fsp3) is 0.429. The Hall–Kier alpha value is -1.86. The van der Waals surface area contributed by atoms with E-state index in [1.54, 1.807) is 12.1 Å². The smallest absolute Gasteiger partial charge is 0.265 e. The lowest BCUT2D eigenvalue weighted by Crippen LogP contribution is -2.54. The molecule has 1 saturated carbocycles. The Morgan fingerprint density at radius 1 is 1.17 bits per heavy atom. The Kier molecular flexibility index (Phi) is 3.96. The zero-order valence-electron chi connectivity index (χ0n) is 10.3. The second-order valence-corrected chi connectivity index (χ2v) is 4.70. The van der Waals surface area contributed by atoms with Crippen molar-refractivity contribution in [2.24, 2.45) is 0 Å². The molecule has 0 bridgehead atoms. The van der Waals surface area contributed by atoms with E-state index >= 15 is 0 Å². The van der Waals surface area contributed by atoms with Gasteiger partial charge in [0.1, 0.15) is 5.54 Å². The number of nitriles is 1. The Labute approximate surface area is 107 Å². The molecule has 4 nitrogen and oxygen atoms in total. The van der Waals surface area contributed by atoms with Crippen molar-refractivity contribution < 1.29 is 4.79 Å². The Morgan fingerprint density at radius 3 is 2.44 bits per heavy atom. The summed E-state index contributed by atoms with van der Waals surface area (Å²) in [6, 6.07) is 11.3. The van der Waals surface area contributed by atoms with Gasteiger partial charge in [0.15, 0.2) is 0 Å². The molecule has 1 aromatic rings. The van der Waals surface area contributed by atoms with E-state index in [2.05, 4.69) is 16.9 Å². The van der Waals surface area contributed by atoms with Gasteiger partial charge in [-0.2, -0.15) is 5.26 Å². The predicted octanol–water partition coefficient (Wildman–Crippen LogP) is 2.15. The minimum atomic E-state index is -0.595. The zero-order valence-corrected chi connectivity index (χ0v) is 10.3. The Morgan fingerprint density at radius 2 is 1.83 bits per heavy atom. The molecule has 0 aromatic heterocycles. The van der Waals surface area contributed by atoms with Crippen LogP contribution in [-0.4, -0.2) is 11.4 Å². The molecule has 0 radical (unpaired) electrons. The van der Waals surface area contributed by atoms with E-state index in [4.69, 9.17) is 0 Å². The van der Waals surface area contributed by atoms with Crippen molar-refractivity contribution in [1.29, 1.82) is 5.26 Å². The number of carbonyl (C=O) groups excluding carboxylic acids is 1. The second-order valence-electron chi connectivity index (χ2n) is 4.70. The fourth-order valence-corrected chi connectivity index (χ4v) is 2.26. The third-order valence-electron chi connectivity index (χ3n) is 3.37. The standard InChI is InChI=1S/C14H17N3O/c15-11-14(9-5-2-6-10-14)17-16-13(18)12-7-3-1-4-8-12/h1,3-4,7-8,17H,2,5-6,9-10H2,(H,16,18). The van der Waals surface area contributed by atoms with E-state index in [0.717, 1.165) is 32.1 Å². The lowest BCUT2D eigenvalue weighted by atomic mass is 9.83. The first-order chi connectivity index (χ1) is 8.76. The summed E-state index contributed by atoms with van der Waals surface area (Å²) in [5.74, 6) is -0.198. The second kappa shape index (κ2) is 5.65. The number of rotatable bonds is 3. The van der Waals surface area contributed by atoms with Gasteiger partial charge in [-0.05, 0) is 25.0 Å². The molecule has 0 unspecified atom stereocenters. The molecule has 1 aromatic carbocycles. The third kappa shape index (κ3) is 2.88. The maximum absolute atomic E-state index is 11.9. The summed E-state index contributed by atoms with van der Waals surface area (Å²) in [5, 5.41) is 9.26. The highest BCUT2D eigenvalue weighted by molar-refractivity contribution is 5.93. The fourth-order valence-electron chi connectivity index (χ4n) is 2.26. The van der Waals surface area contributed by atoms with Crippen molar-refractivity contribution in [3.63, 3.8) is 0 Å². The molecular formula is C14H17N3O. The number of carbonyl (C=O) groups is 1. The largest absolute Gasteiger partial charge is 0.286 e. The molecule has 0 heterocycles.